The first-order valence-electron chi connectivity index (χ1n) is 5.27. The van der Waals surface area contributed by atoms with Crippen molar-refractivity contribution in [3.05, 3.63) is 23.0 Å². The normalized spacial score (nSPS) is 10.7. The molecule has 0 saturated carbocycles. The molecule has 1 aromatic rings. The zero-order valence-electron chi connectivity index (χ0n) is 9.75. The van der Waals surface area contributed by atoms with Crippen molar-refractivity contribution < 1.29 is 18.3 Å². The van der Waals surface area contributed by atoms with Crippen molar-refractivity contribution in [1.29, 1.82) is 0 Å². The van der Waals surface area contributed by atoms with Gasteiger partial charge in [-0.15, -0.1) is 0 Å². The molecule has 0 saturated heterocycles. The minimum Gasteiger partial charge on any atom is -0.466 e. The lowest BCUT2D eigenvalue weighted by molar-refractivity contribution is -0.142. The Morgan fingerprint density at radius 3 is 2.78 bits per heavy atom. The molecule has 0 radical (unpaired) electrons. The molecule has 4 nitrogen and oxygen atoms in total. The van der Waals surface area contributed by atoms with E-state index in [0.717, 1.165) is 0 Å². The highest BCUT2D eigenvalue weighted by Gasteiger charge is 2.19. The molecule has 2 N–H and O–H groups in total. The van der Waals surface area contributed by atoms with Crippen LogP contribution >= 0.6 is 15.9 Å². The van der Waals surface area contributed by atoms with Crippen LogP contribution in [0.4, 0.5) is 14.5 Å². The van der Waals surface area contributed by atoms with E-state index in [2.05, 4.69) is 20.9 Å². The van der Waals surface area contributed by atoms with E-state index < -0.39 is 12.4 Å². The third kappa shape index (κ3) is 3.38. The van der Waals surface area contributed by atoms with E-state index in [1.54, 1.807) is 6.92 Å². The Morgan fingerprint density at radius 1 is 1.61 bits per heavy atom. The number of esters is 1. The van der Waals surface area contributed by atoms with Gasteiger partial charge in [0.2, 0.25) is 0 Å². The van der Waals surface area contributed by atoms with Crippen LogP contribution in [0.5, 0.6) is 0 Å². The minimum absolute atomic E-state index is 0.0732. The van der Waals surface area contributed by atoms with E-state index in [-0.39, 0.29) is 35.3 Å². The van der Waals surface area contributed by atoms with Crippen molar-refractivity contribution in [2.45, 2.75) is 25.1 Å². The second-order valence-electron chi connectivity index (χ2n) is 3.48. The van der Waals surface area contributed by atoms with E-state index in [9.17, 15) is 13.6 Å². The Kier molecular flexibility index (Phi) is 5.46. The molecule has 18 heavy (non-hydrogen) atoms. The number of hydrogen-bond acceptors (Lipinski definition) is 4. The van der Waals surface area contributed by atoms with Crippen LogP contribution in [0.2, 0.25) is 0 Å². The van der Waals surface area contributed by atoms with Gasteiger partial charge >= 0.3 is 5.97 Å². The van der Waals surface area contributed by atoms with Crippen molar-refractivity contribution in [1.82, 2.24) is 4.98 Å². The molecule has 0 aliphatic heterocycles. The average Bonchev–Trinajstić information content (AvgIpc) is 2.31. The number of rotatable bonds is 5. The molecule has 0 spiro atoms. The quantitative estimate of drug-likeness (QED) is 0.668. The van der Waals surface area contributed by atoms with Gasteiger partial charge in [-0.2, -0.15) is 0 Å². The van der Waals surface area contributed by atoms with E-state index in [0.29, 0.717) is 5.56 Å². The van der Waals surface area contributed by atoms with E-state index >= 15 is 0 Å². The van der Waals surface area contributed by atoms with Gasteiger partial charge < -0.3 is 10.5 Å². The van der Waals surface area contributed by atoms with Crippen molar-refractivity contribution in [3.8, 4) is 0 Å². The number of alkyl halides is 3. The zero-order valence-corrected chi connectivity index (χ0v) is 11.3. The summed E-state index contributed by atoms with van der Waals surface area (Å²) in [7, 11) is 0. The summed E-state index contributed by atoms with van der Waals surface area (Å²) in [4.78, 5) is 15.0. The molecule has 0 atom stereocenters. The minimum atomic E-state index is -2.70. The van der Waals surface area contributed by atoms with Crippen LogP contribution in [0.15, 0.2) is 6.20 Å². The highest BCUT2D eigenvalue weighted by molar-refractivity contribution is 9.08. The Morgan fingerprint density at radius 2 is 2.28 bits per heavy atom. The van der Waals surface area contributed by atoms with Crippen LogP contribution in [-0.2, 0) is 21.3 Å². The summed E-state index contributed by atoms with van der Waals surface area (Å²) in [6.45, 7) is 1.94. The summed E-state index contributed by atoms with van der Waals surface area (Å²) < 4.78 is 30.1. The Hall–Kier alpha value is -1.24. The number of nitrogens with zero attached hydrogens (tertiary/aromatic N) is 1. The van der Waals surface area contributed by atoms with Crippen molar-refractivity contribution in [3.63, 3.8) is 0 Å². The van der Waals surface area contributed by atoms with Gasteiger partial charge in [-0.25, -0.2) is 8.78 Å². The first-order chi connectivity index (χ1) is 8.51. The smallest absolute Gasteiger partial charge is 0.310 e. The molecule has 100 valence electrons. The van der Waals surface area contributed by atoms with Gasteiger partial charge in [0.05, 0.1) is 13.0 Å². The number of hydrogen-bond donors (Lipinski definition) is 1. The summed E-state index contributed by atoms with van der Waals surface area (Å²) in [5, 5.41) is 0.155. The van der Waals surface area contributed by atoms with Crippen LogP contribution < -0.4 is 5.73 Å². The lowest BCUT2D eigenvalue weighted by atomic mass is 10.1. The Balaban J connectivity index is 3.05. The standard InChI is InChI=1S/C11H13BrF2N2O2/c1-2-18-8(17)3-6-5-16-10(11(13)14)7(4-12)9(6)15/h5,11H,2-4H2,1H3,(H2,15,16). The molecule has 1 aromatic heterocycles. The van der Waals surface area contributed by atoms with Crippen LogP contribution in [0, 0.1) is 0 Å². The van der Waals surface area contributed by atoms with E-state index in [4.69, 9.17) is 10.5 Å². The molecular weight excluding hydrogens is 310 g/mol. The Labute approximate surface area is 112 Å². The van der Waals surface area contributed by atoms with Crippen molar-refractivity contribution in [2.24, 2.45) is 0 Å². The topological polar surface area (TPSA) is 65.2 Å². The fraction of sp³-hybridized carbons (Fsp3) is 0.455. The third-order valence-corrected chi connectivity index (χ3v) is 2.88. The Bertz CT molecular complexity index is 441. The largest absolute Gasteiger partial charge is 0.466 e. The fourth-order valence-electron chi connectivity index (χ4n) is 1.46. The van der Waals surface area contributed by atoms with Gasteiger partial charge in [0.15, 0.2) is 0 Å². The summed E-state index contributed by atoms with van der Waals surface area (Å²) >= 11 is 3.09. The van der Waals surface area contributed by atoms with E-state index in [1.165, 1.54) is 6.20 Å². The summed E-state index contributed by atoms with van der Waals surface area (Å²) in [5.41, 5.74) is 6.17. The SMILES string of the molecule is CCOC(=O)Cc1cnc(C(F)F)c(CBr)c1N. The number of halogens is 3. The van der Waals surface area contributed by atoms with E-state index in [1.807, 2.05) is 0 Å². The predicted molar refractivity (Wildman–Crippen MR) is 66.6 cm³/mol. The molecule has 1 heterocycles. The van der Waals surface area contributed by atoms with Gasteiger partial charge in [0.25, 0.3) is 6.43 Å². The highest BCUT2D eigenvalue weighted by atomic mass is 79.9. The molecular formula is C11H13BrF2N2O2. The number of nitrogens with two attached hydrogens (primary N) is 1. The second kappa shape index (κ2) is 6.63. The lowest BCUT2D eigenvalue weighted by Crippen LogP contribution is -2.12. The molecule has 0 unspecified atom stereocenters. The van der Waals surface area contributed by atoms with Gasteiger partial charge in [0.1, 0.15) is 5.69 Å². The highest BCUT2D eigenvalue weighted by Crippen LogP contribution is 2.29. The molecule has 1 rings (SSSR count). The average molecular weight is 323 g/mol. The zero-order chi connectivity index (χ0) is 13.7. The number of carbonyl (C=O) groups is 1. The monoisotopic (exact) mass is 322 g/mol. The summed E-state index contributed by atoms with van der Waals surface area (Å²) in [5.74, 6) is -0.462. The van der Waals surface area contributed by atoms with Crippen molar-refractivity contribution >= 4 is 27.6 Å². The van der Waals surface area contributed by atoms with Crippen LogP contribution in [0.25, 0.3) is 0 Å². The number of pyridine rings is 1. The number of anilines is 1. The number of aromatic nitrogens is 1. The molecule has 0 aliphatic rings. The molecule has 0 amide bonds. The number of nitrogen functional groups attached to an aromatic ring is 1. The maximum Gasteiger partial charge on any atom is 0.310 e. The van der Waals surface area contributed by atoms with Crippen LogP contribution in [0.1, 0.15) is 30.2 Å². The van der Waals surface area contributed by atoms with Gasteiger partial charge in [-0.1, -0.05) is 15.9 Å². The summed E-state index contributed by atoms with van der Waals surface area (Å²) in [6.07, 6.45) is -1.58. The van der Waals surface area contributed by atoms with Crippen LogP contribution in [0.3, 0.4) is 0 Å². The maximum atomic E-state index is 12.7. The second-order valence-corrected chi connectivity index (χ2v) is 4.04. The molecule has 7 heteroatoms. The predicted octanol–water partition coefficient (Wildman–Crippen LogP) is 2.60. The number of carbonyl (C=O) groups excluding carboxylic acids is 1. The number of ether oxygens (including phenoxy) is 1. The molecule has 0 fully saturated rings. The van der Waals surface area contributed by atoms with Crippen LogP contribution in [-0.4, -0.2) is 17.6 Å². The molecule has 0 aromatic carbocycles. The molecule has 0 aliphatic carbocycles. The third-order valence-electron chi connectivity index (χ3n) is 2.32. The van der Waals surface area contributed by atoms with Gasteiger partial charge in [0, 0.05) is 28.3 Å². The first-order valence-corrected chi connectivity index (χ1v) is 6.39. The summed E-state index contributed by atoms with van der Waals surface area (Å²) in [6, 6.07) is 0. The molecule has 0 bridgehead atoms. The lowest BCUT2D eigenvalue weighted by Gasteiger charge is -2.12. The van der Waals surface area contributed by atoms with Crippen molar-refractivity contribution in [2.75, 3.05) is 12.3 Å². The van der Waals surface area contributed by atoms with Gasteiger partial charge in [-0.05, 0) is 6.92 Å². The maximum absolute atomic E-state index is 12.7. The fourth-order valence-corrected chi connectivity index (χ4v) is 2.05. The van der Waals surface area contributed by atoms with Gasteiger partial charge in [-0.3, -0.25) is 9.78 Å². The first kappa shape index (κ1) is 14.8.